The van der Waals surface area contributed by atoms with Gasteiger partial charge in [-0.15, -0.1) is 0 Å². The average Bonchev–Trinajstić information content (AvgIpc) is 3.13. The number of aromatic nitrogens is 2. The second kappa shape index (κ2) is 15.0. The van der Waals surface area contributed by atoms with Crippen molar-refractivity contribution in [3.63, 3.8) is 0 Å². The van der Waals surface area contributed by atoms with Crippen molar-refractivity contribution in [2.75, 3.05) is 39.1 Å². The lowest BCUT2D eigenvalue weighted by atomic mass is 9.75. The van der Waals surface area contributed by atoms with Gasteiger partial charge in [-0.05, 0) is 60.2 Å². The van der Waals surface area contributed by atoms with Gasteiger partial charge in [0.05, 0.1) is 18.2 Å². The fourth-order valence-corrected chi connectivity index (χ4v) is 6.94. The first-order valence-corrected chi connectivity index (χ1v) is 18.3. The summed E-state index contributed by atoms with van der Waals surface area (Å²) in [6, 6.07) is 40.8. The van der Waals surface area contributed by atoms with E-state index in [1.165, 1.54) is 9.24 Å². The summed E-state index contributed by atoms with van der Waals surface area (Å²) < 4.78 is 28.1. The van der Waals surface area contributed by atoms with Crippen molar-refractivity contribution in [3.8, 4) is 0 Å². The van der Waals surface area contributed by atoms with Crippen LogP contribution in [0.15, 0.2) is 138 Å². The number of benzene rings is 4. The number of carbonyl (C=O) groups excluding carboxylic acids is 1. The molecule has 2 heterocycles. The van der Waals surface area contributed by atoms with Crippen LogP contribution >= 0.6 is 18.1 Å². The summed E-state index contributed by atoms with van der Waals surface area (Å²) in [6.07, 6.45) is 0.0558. The minimum absolute atomic E-state index is 0.103. The molecule has 1 unspecified atom stereocenters. The Labute approximate surface area is 290 Å². The first-order valence-electron chi connectivity index (χ1n) is 15.8. The highest BCUT2D eigenvalue weighted by atomic mass is 35.7. The zero-order chi connectivity index (χ0) is 34.4. The molecule has 1 aliphatic heterocycles. The maximum atomic E-state index is 13.6. The second-order valence-electron chi connectivity index (χ2n) is 11.8. The van der Waals surface area contributed by atoms with Gasteiger partial charge in [-0.1, -0.05) is 109 Å². The molecule has 1 aromatic heterocycles. The van der Waals surface area contributed by atoms with Crippen LogP contribution in [0.4, 0.5) is 5.82 Å². The number of amides is 1. The Hall–Kier alpha value is -4.41. The van der Waals surface area contributed by atoms with Gasteiger partial charge in [-0.2, -0.15) is 4.98 Å². The summed E-state index contributed by atoms with van der Waals surface area (Å²) in [5, 5.41) is 2.70. The summed E-state index contributed by atoms with van der Waals surface area (Å²) in [6.45, 7) is -3.13. The lowest BCUT2D eigenvalue weighted by Crippen LogP contribution is -2.58. The van der Waals surface area contributed by atoms with E-state index in [9.17, 15) is 14.2 Å². The van der Waals surface area contributed by atoms with E-state index in [1.807, 2.05) is 60.7 Å². The van der Waals surface area contributed by atoms with Crippen LogP contribution in [-0.4, -0.2) is 64.9 Å². The van der Waals surface area contributed by atoms with Gasteiger partial charge in [-0.3, -0.25) is 18.8 Å². The molecule has 6 rings (SSSR count). The number of halogens is 1. The number of nitrogens with one attached hydrogen (secondary N) is 1. The lowest BCUT2D eigenvalue weighted by Gasteiger charge is -2.50. The Morgan fingerprint density at radius 3 is 1.88 bits per heavy atom. The van der Waals surface area contributed by atoms with Gasteiger partial charge in [0.25, 0.3) is 5.91 Å². The first kappa shape index (κ1) is 34.5. The van der Waals surface area contributed by atoms with Crippen LogP contribution in [0.25, 0.3) is 0 Å². The molecule has 5 aromatic rings. The van der Waals surface area contributed by atoms with E-state index in [0.717, 1.165) is 16.7 Å². The third-order valence-corrected chi connectivity index (χ3v) is 11.1. The van der Waals surface area contributed by atoms with Gasteiger partial charge >= 0.3 is 12.6 Å². The smallest absolute Gasteiger partial charge is 0.350 e. The van der Waals surface area contributed by atoms with Crippen molar-refractivity contribution in [2.24, 2.45) is 0 Å². The predicted molar refractivity (Wildman–Crippen MR) is 191 cm³/mol. The zero-order valence-electron chi connectivity index (χ0n) is 27.1. The number of nitrogens with zero attached hydrogens (tertiary/aromatic N) is 4. The second-order valence-corrected chi connectivity index (χ2v) is 15.1. The Bertz CT molecular complexity index is 1870. The normalized spacial score (nSPS) is 18.1. The fraction of sp³-hybridized carbons (Fsp3) is 0.216. The van der Waals surface area contributed by atoms with Crippen molar-refractivity contribution in [3.05, 3.63) is 166 Å². The Kier molecular flexibility index (Phi) is 10.6. The summed E-state index contributed by atoms with van der Waals surface area (Å²) >= 11 is 6.28. The highest BCUT2D eigenvalue weighted by molar-refractivity contribution is 7.83. The van der Waals surface area contributed by atoms with Crippen molar-refractivity contribution in [1.82, 2.24) is 19.1 Å². The van der Waals surface area contributed by atoms with Gasteiger partial charge in [0.2, 0.25) is 0 Å². The average molecular weight is 698 g/mol. The molecule has 1 aliphatic rings. The number of ether oxygens (including phenoxy) is 1. The fourth-order valence-electron chi connectivity index (χ4n) is 6.19. The Morgan fingerprint density at radius 2 is 1.39 bits per heavy atom. The zero-order valence-corrected chi connectivity index (χ0v) is 28.8. The standard InChI is InChI=1S/C37H37ClN5O5P/c1-41(2)49(38,46)47-27-32-25-42(26-34(48-32)43-24-23-33(40-36(43)45)39-35(44)28-15-7-3-8-16-28)37(29-17-9-4-10-18-29,30-19-11-5-12-20-30)31-21-13-6-14-22-31/h3-24,32,34H,25-27H2,1-2H3,(H,39,40,44,45)/t32-,34+,49?/m0/s1. The van der Waals surface area contributed by atoms with Crippen LogP contribution < -0.4 is 11.0 Å². The number of morpholine rings is 1. The van der Waals surface area contributed by atoms with Crippen LogP contribution in [0.5, 0.6) is 0 Å². The first-order chi connectivity index (χ1) is 23.7. The molecule has 10 nitrogen and oxygen atoms in total. The van der Waals surface area contributed by atoms with E-state index in [4.69, 9.17) is 20.5 Å². The molecule has 4 aromatic carbocycles. The largest absolute Gasteiger partial charge is 0.362 e. The molecule has 1 amide bonds. The van der Waals surface area contributed by atoms with Crippen LogP contribution in [-0.2, 0) is 19.4 Å². The van der Waals surface area contributed by atoms with Crippen LogP contribution in [0, 0.1) is 0 Å². The summed E-state index contributed by atoms with van der Waals surface area (Å²) in [4.78, 5) is 32.9. The minimum Gasteiger partial charge on any atom is -0.350 e. The number of carbonyl (C=O) groups is 1. The molecule has 0 aliphatic carbocycles. The van der Waals surface area contributed by atoms with E-state index in [-0.39, 0.29) is 24.9 Å². The molecule has 1 fully saturated rings. The third-order valence-electron chi connectivity index (χ3n) is 8.51. The molecule has 49 heavy (non-hydrogen) atoms. The van der Waals surface area contributed by atoms with E-state index >= 15 is 0 Å². The van der Waals surface area contributed by atoms with Crippen molar-refractivity contribution < 1.29 is 18.6 Å². The summed E-state index contributed by atoms with van der Waals surface area (Å²) in [5.74, 6) is -0.267. The molecule has 252 valence electrons. The van der Waals surface area contributed by atoms with E-state index in [1.54, 1.807) is 50.6 Å². The van der Waals surface area contributed by atoms with Gasteiger partial charge < -0.3 is 14.6 Å². The Morgan fingerprint density at radius 1 is 0.878 bits per heavy atom. The van der Waals surface area contributed by atoms with E-state index < -0.39 is 30.4 Å². The van der Waals surface area contributed by atoms with Gasteiger partial charge in [0, 0.05) is 24.8 Å². The van der Waals surface area contributed by atoms with Crippen LogP contribution in [0.1, 0.15) is 33.3 Å². The molecule has 1 saturated heterocycles. The van der Waals surface area contributed by atoms with Crippen molar-refractivity contribution in [1.29, 1.82) is 0 Å². The molecular formula is C37H37ClN5O5P. The highest BCUT2D eigenvalue weighted by Gasteiger charge is 2.47. The lowest BCUT2D eigenvalue weighted by molar-refractivity contribution is -0.148. The molecule has 0 saturated carbocycles. The molecule has 0 spiro atoms. The number of hydrogen-bond donors (Lipinski definition) is 1. The maximum absolute atomic E-state index is 13.6. The number of anilines is 1. The van der Waals surface area contributed by atoms with Gasteiger partial charge in [0.15, 0.2) is 6.23 Å². The maximum Gasteiger partial charge on any atom is 0.362 e. The van der Waals surface area contributed by atoms with Gasteiger partial charge in [0.1, 0.15) is 5.82 Å². The van der Waals surface area contributed by atoms with Crippen LogP contribution in [0.2, 0.25) is 0 Å². The van der Waals surface area contributed by atoms with Crippen LogP contribution in [0.3, 0.4) is 0 Å². The minimum atomic E-state index is -3.63. The molecule has 0 bridgehead atoms. The molecule has 0 radical (unpaired) electrons. The Balaban J connectivity index is 1.43. The summed E-state index contributed by atoms with van der Waals surface area (Å²) in [7, 11) is 3.17. The van der Waals surface area contributed by atoms with Crippen molar-refractivity contribution in [2.45, 2.75) is 17.9 Å². The highest BCUT2D eigenvalue weighted by Crippen LogP contribution is 2.54. The molecule has 1 N–H and O–H groups in total. The summed E-state index contributed by atoms with van der Waals surface area (Å²) in [5.41, 5.74) is 2.02. The third kappa shape index (κ3) is 7.45. The molecular weight excluding hydrogens is 661 g/mol. The molecule has 3 atom stereocenters. The number of rotatable bonds is 11. The quantitative estimate of drug-likeness (QED) is 0.121. The number of hydrogen-bond acceptors (Lipinski definition) is 7. The molecule has 12 heteroatoms. The van der Waals surface area contributed by atoms with Crippen molar-refractivity contribution >= 4 is 29.8 Å². The van der Waals surface area contributed by atoms with Gasteiger partial charge in [-0.25, -0.2) is 9.46 Å². The SMILES string of the molecule is CN(C)P(=O)(Cl)OC[C@@H]1CN(C(c2ccccc2)(c2ccccc2)c2ccccc2)C[C@H](n2ccc(NC(=O)c3ccccc3)nc2=O)O1. The van der Waals surface area contributed by atoms with E-state index in [2.05, 4.69) is 51.6 Å². The topological polar surface area (TPSA) is 106 Å². The van der Waals surface area contributed by atoms with E-state index in [0.29, 0.717) is 12.1 Å². The predicted octanol–water partition coefficient (Wildman–Crippen LogP) is 6.61. The monoisotopic (exact) mass is 697 g/mol.